The molecule has 0 saturated carbocycles. The summed E-state index contributed by atoms with van der Waals surface area (Å²) in [7, 11) is 0. The number of benzene rings is 3. The Morgan fingerprint density at radius 2 is 1.50 bits per heavy atom. The molecule has 5 heteroatoms. The molecule has 0 aliphatic heterocycles. The van der Waals surface area contributed by atoms with E-state index in [9.17, 15) is 4.79 Å². The normalized spacial score (nSPS) is 12.0. The van der Waals surface area contributed by atoms with E-state index in [2.05, 4.69) is 13.0 Å². The van der Waals surface area contributed by atoms with Gasteiger partial charge in [0.25, 0.3) is 0 Å². The van der Waals surface area contributed by atoms with Gasteiger partial charge in [0.2, 0.25) is 5.91 Å². The van der Waals surface area contributed by atoms with Crippen molar-refractivity contribution in [2.24, 2.45) is 0 Å². The van der Waals surface area contributed by atoms with Crippen LogP contribution in [0.1, 0.15) is 13.3 Å². The maximum absolute atomic E-state index is 13.6. The minimum absolute atomic E-state index is 0.0733. The number of thiazole rings is 1. The Labute approximate surface area is 173 Å². The summed E-state index contributed by atoms with van der Waals surface area (Å²) in [6.07, 6.45) is 0.732. The summed E-state index contributed by atoms with van der Waals surface area (Å²) in [5.41, 5.74) is 2.74. The van der Waals surface area contributed by atoms with Gasteiger partial charge in [0.05, 0.1) is 15.5 Å². The minimum atomic E-state index is -0.207. The van der Waals surface area contributed by atoms with Gasteiger partial charge in [-0.2, -0.15) is 0 Å². The number of hydrogen-bond donors (Lipinski definition) is 0. The number of anilines is 2. The maximum atomic E-state index is 13.6. The lowest BCUT2D eigenvalue weighted by atomic mass is 10.2. The van der Waals surface area contributed by atoms with Crippen molar-refractivity contribution in [1.82, 2.24) is 4.98 Å². The molecule has 3 aromatic carbocycles. The molecule has 4 aromatic rings. The van der Waals surface area contributed by atoms with Crippen LogP contribution in [-0.4, -0.2) is 16.1 Å². The van der Waals surface area contributed by atoms with Gasteiger partial charge in [-0.05, 0) is 42.8 Å². The second kappa shape index (κ2) is 8.59. The number of aromatic nitrogens is 1. The second-order valence-electron chi connectivity index (χ2n) is 6.31. The van der Waals surface area contributed by atoms with Gasteiger partial charge in [-0.25, -0.2) is 4.98 Å². The molecule has 1 amide bonds. The van der Waals surface area contributed by atoms with Gasteiger partial charge >= 0.3 is 0 Å². The second-order valence-corrected chi connectivity index (χ2v) is 8.79. The molecule has 0 N–H and O–H groups in total. The smallest absolute Gasteiger partial charge is 0.245 e. The molecule has 0 spiro atoms. The van der Waals surface area contributed by atoms with Crippen LogP contribution in [0, 0.1) is 0 Å². The molecule has 140 valence electrons. The molecule has 0 aliphatic rings. The van der Waals surface area contributed by atoms with Gasteiger partial charge in [-0.1, -0.05) is 67.2 Å². The van der Waals surface area contributed by atoms with Crippen LogP contribution in [0.15, 0.2) is 89.3 Å². The Hall–Kier alpha value is -2.63. The summed E-state index contributed by atoms with van der Waals surface area (Å²) >= 11 is 3.20. The number of carbonyl (C=O) groups excluding carboxylic acids is 1. The van der Waals surface area contributed by atoms with E-state index in [1.54, 1.807) is 23.1 Å². The molecule has 1 atom stereocenters. The van der Waals surface area contributed by atoms with Crippen molar-refractivity contribution in [3.05, 3.63) is 84.9 Å². The number of thioether (sulfide) groups is 1. The molecule has 1 unspecified atom stereocenters. The molecule has 1 aromatic heterocycles. The first-order valence-corrected chi connectivity index (χ1v) is 10.9. The van der Waals surface area contributed by atoms with Gasteiger partial charge < -0.3 is 0 Å². The quantitative estimate of drug-likeness (QED) is 0.342. The van der Waals surface area contributed by atoms with Gasteiger partial charge in [-0.3, -0.25) is 9.69 Å². The zero-order chi connectivity index (χ0) is 19.3. The number of hydrogen-bond acceptors (Lipinski definition) is 4. The van der Waals surface area contributed by atoms with Crippen LogP contribution in [-0.2, 0) is 4.79 Å². The van der Waals surface area contributed by atoms with Crippen molar-refractivity contribution in [2.45, 2.75) is 22.9 Å². The van der Waals surface area contributed by atoms with Crippen molar-refractivity contribution in [3.8, 4) is 0 Å². The highest BCUT2D eigenvalue weighted by molar-refractivity contribution is 8.02. The molecule has 28 heavy (non-hydrogen) atoms. The molecule has 0 bridgehead atoms. The summed E-state index contributed by atoms with van der Waals surface area (Å²) in [5, 5.41) is -0.207. The van der Waals surface area contributed by atoms with Gasteiger partial charge in [0, 0.05) is 11.4 Å². The highest BCUT2D eigenvalue weighted by Crippen LogP contribution is 2.36. The monoisotopic (exact) mass is 404 g/mol. The van der Waals surface area contributed by atoms with Crippen molar-refractivity contribution < 1.29 is 4.79 Å². The predicted octanol–water partition coefficient (Wildman–Crippen LogP) is 6.53. The molecule has 0 saturated heterocycles. The topological polar surface area (TPSA) is 33.2 Å². The van der Waals surface area contributed by atoms with E-state index in [1.165, 1.54) is 0 Å². The van der Waals surface area contributed by atoms with E-state index >= 15 is 0 Å². The molecule has 4 rings (SSSR count). The maximum Gasteiger partial charge on any atom is 0.245 e. The van der Waals surface area contributed by atoms with Crippen LogP contribution in [0.5, 0.6) is 0 Å². The zero-order valence-corrected chi connectivity index (χ0v) is 17.1. The first kappa shape index (κ1) is 18.7. The summed E-state index contributed by atoms with van der Waals surface area (Å²) in [6, 6.07) is 27.7. The van der Waals surface area contributed by atoms with E-state index in [4.69, 9.17) is 4.98 Å². The highest BCUT2D eigenvalue weighted by atomic mass is 32.2. The van der Waals surface area contributed by atoms with Crippen molar-refractivity contribution >= 4 is 50.6 Å². The Kier molecular flexibility index (Phi) is 5.74. The fraction of sp³-hybridized carbons (Fsp3) is 0.130. The average molecular weight is 405 g/mol. The molecular weight excluding hydrogens is 384 g/mol. The summed E-state index contributed by atoms with van der Waals surface area (Å²) in [4.78, 5) is 20.1. The minimum Gasteiger partial charge on any atom is -0.280 e. The van der Waals surface area contributed by atoms with E-state index in [0.717, 1.165) is 32.4 Å². The molecular formula is C23H20N2OS2. The molecule has 0 radical (unpaired) electrons. The highest BCUT2D eigenvalue weighted by Gasteiger charge is 2.27. The van der Waals surface area contributed by atoms with Gasteiger partial charge in [0.1, 0.15) is 0 Å². The predicted molar refractivity (Wildman–Crippen MR) is 120 cm³/mol. The summed E-state index contributed by atoms with van der Waals surface area (Å²) in [6.45, 7) is 2.05. The summed E-state index contributed by atoms with van der Waals surface area (Å²) in [5.74, 6) is 0.0733. The lowest BCUT2D eigenvalue weighted by Gasteiger charge is -2.26. The number of nitrogens with zero attached hydrogens (tertiary/aromatic N) is 2. The van der Waals surface area contributed by atoms with Crippen molar-refractivity contribution in [2.75, 3.05) is 4.90 Å². The number of carbonyl (C=O) groups is 1. The lowest BCUT2D eigenvalue weighted by Crippen LogP contribution is -2.34. The van der Waals surface area contributed by atoms with Crippen LogP contribution < -0.4 is 4.90 Å². The third-order valence-corrected chi connectivity index (χ3v) is 6.89. The van der Waals surface area contributed by atoms with Crippen LogP contribution in [0.2, 0.25) is 0 Å². The SMILES string of the molecule is CCC(Sc1nc2ccccc2s1)C(=O)N(c1ccccc1)c1ccccc1. The van der Waals surface area contributed by atoms with E-state index < -0.39 is 0 Å². The van der Waals surface area contributed by atoms with E-state index in [1.807, 2.05) is 83.8 Å². The summed E-state index contributed by atoms with van der Waals surface area (Å²) < 4.78 is 2.08. The average Bonchev–Trinajstić information content (AvgIpc) is 3.16. The third kappa shape index (κ3) is 3.96. The molecule has 0 fully saturated rings. The van der Waals surface area contributed by atoms with Crippen molar-refractivity contribution in [3.63, 3.8) is 0 Å². The van der Waals surface area contributed by atoms with Crippen LogP contribution >= 0.6 is 23.1 Å². The fourth-order valence-corrected chi connectivity index (χ4v) is 5.31. The van der Waals surface area contributed by atoms with Crippen LogP contribution in [0.25, 0.3) is 10.2 Å². The standard InChI is InChI=1S/C23H20N2OS2/c1-2-20(27-23-24-19-15-9-10-16-21(19)28-23)22(26)25(17-11-5-3-6-12-17)18-13-7-4-8-14-18/h3-16,20H,2H2,1H3. The first-order chi connectivity index (χ1) is 13.8. The largest absolute Gasteiger partial charge is 0.280 e. The Balaban J connectivity index is 1.66. The Morgan fingerprint density at radius 1 is 0.929 bits per heavy atom. The lowest BCUT2D eigenvalue weighted by molar-refractivity contribution is -0.117. The number of para-hydroxylation sites is 3. The van der Waals surface area contributed by atoms with E-state index in [-0.39, 0.29) is 11.2 Å². The van der Waals surface area contributed by atoms with E-state index in [0.29, 0.717) is 0 Å². The Bertz CT molecular complexity index is 991. The molecule has 3 nitrogen and oxygen atoms in total. The number of fused-ring (bicyclic) bond motifs is 1. The zero-order valence-electron chi connectivity index (χ0n) is 15.5. The fourth-order valence-electron chi connectivity index (χ4n) is 3.03. The molecule has 1 heterocycles. The van der Waals surface area contributed by atoms with Crippen LogP contribution in [0.4, 0.5) is 11.4 Å². The first-order valence-electron chi connectivity index (χ1n) is 9.22. The molecule has 0 aliphatic carbocycles. The van der Waals surface area contributed by atoms with Crippen LogP contribution in [0.3, 0.4) is 0 Å². The third-order valence-electron chi connectivity index (χ3n) is 4.41. The van der Waals surface area contributed by atoms with Crippen molar-refractivity contribution in [1.29, 1.82) is 0 Å². The van der Waals surface area contributed by atoms with Gasteiger partial charge in [-0.15, -0.1) is 11.3 Å². The van der Waals surface area contributed by atoms with Gasteiger partial charge in [0.15, 0.2) is 4.34 Å². The number of rotatable bonds is 6. The Morgan fingerprint density at radius 3 is 2.07 bits per heavy atom. The number of amides is 1.